The van der Waals surface area contributed by atoms with E-state index in [1.165, 1.54) is 5.69 Å². The van der Waals surface area contributed by atoms with Crippen LogP contribution < -0.4 is 0 Å². The third-order valence-electron chi connectivity index (χ3n) is 4.70. The second-order valence-electron chi connectivity index (χ2n) is 6.38. The highest BCUT2D eigenvalue weighted by Gasteiger charge is 2.23. The maximum atomic E-state index is 4.69. The highest BCUT2D eigenvalue weighted by atomic mass is 127. The van der Waals surface area contributed by atoms with Gasteiger partial charge in [0.05, 0.1) is 5.69 Å². The lowest BCUT2D eigenvalue weighted by Crippen LogP contribution is -2.33. The van der Waals surface area contributed by atoms with E-state index in [0.29, 0.717) is 5.92 Å². The summed E-state index contributed by atoms with van der Waals surface area (Å²) in [5.74, 6) is 2.43. The molecule has 2 aromatic heterocycles. The van der Waals surface area contributed by atoms with Crippen LogP contribution >= 0.6 is 22.6 Å². The molecule has 0 bridgehead atoms. The predicted octanol–water partition coefficient (Wildman–Crippen LogP) is 3.85. The van der Waals surface area contributed by atoms with Gasteiger partial charge in [-0.3, -0.25) is 4.90 Å². The Balaban J connectivity index is 1.40. The molecule has 1 N–H and O–H groups in total. The summed E-state index contributed by atoms with van der Waals surface area (Å²) in [5, 5.41) is 0. The van der Waals surface area contributed by atoms with Gasteiger partial charge in [0.15, 0.2) is 0 Å². The van der Waals surface area contributed by atoms with E-state index < -0.39 is 0 Å². The molecule has 0 spiro atoms. The molecule has 1 saturated heterocycles. The Morgan fingerprint density at radius 2 is 1.76 bits per heavy atom. The number of benzene rings is 1. The number of halogens is 1. The van der Waals surface area contributed by atoms with E-state index in [0.717, 1.165) is 53.4 Å². The van der Waals surface area contributed by atoms with Crippen LogP contribution in [0.15, 0.2) is 48.8 Å². The van der Waals surface area contributed by atoms with Crippen molar-refractivity contribution in [2.24, 2.45) is 0 Å². The average Bonchev–Trinajstić information content (AvgIpc) is 3.04. The molecule has 3 aromatic rings. The van der Waals surface area contributed by atoms with Gasteiger partial charge in [0.2, 0.25) is 0 Å². The minimum absolute atomic E-state index is 0.484. The summed E-state index contributed by atoms with van der Waals surface area (Å²) in [4.78, 5) is 19.5. The molecule has 0 atom stereocenters. The molecular weight excluding hydrogens is 425 g/mol. The Kier molecular flexibility index (Phi) is 5.07. The molecule has 4 rings (SSSR count). The molecule has 3 heterocycles. The van der Waals surface area contributed by atoms with Crippen molar-refractivity contribution in [1.29, 1.82) is 0 Å². The SMILES string of the molecule is Ic1nc(-c2ccccc2)[nH]c1CN1CCC(c2ncccn2)CC1. The van der Waals surface area contributed by atoms with Crippen LogP contribution in [0.3, 0.4) is 0 Å². The Morgan fingerprint density at radius 3 is 2.48 bits per heavy atom. The van der Waals surface area contributed by atoms with Crippen molar-refractivity contribution in [3.05, 3.63) is 64.0 Å². The van der Waals surface area contributed by atoms with Crippen LogP contribution in [-0.2, 0) is 6.54 Å². The zero-order valence-electron chi connectivity index (χ0n) is 13.9. The number of nitrogens with zero attached hydrogens (tertiary/aromatic N) is 4. The first kappa shape index (κ1) is 16.7. The zero-order chi connectivity index (χ0) is 17.1. The third-order valence-corrected chi connectivity index (χ3v) is 5.59. The van der Waals surface area contributed by atoms with Gasteiger partial charge < -0.3 is 4.98 Å². The number of imidazole rings is 1. The van der Waals surface area contributed by atoms with Crippen molar-refractivity contribution in [2.45, 2.75) is 25.3 Å². The van der Waals surface area contributed by atoms with Crippen molar-refractivity contribution in [1.82, 2.24) is 24.8 Å². The third kappa shape index (κ3) is 3.90. The van der Waals surface area contributed by atoms with Crippen LogP contribution in [-0.4, -0.2) is 37.9 Å². The molecule has 0 radical (unpaired) electrons. The van der Waals surface area contributed by atoms with Crippen molar-refractivity contribution in [3.63, 3.8) is 0 Å². The summed E-state index contributed by atoms with van der Waals surface area (Å²) in [5.41, 5.74) is 2.33. The summed E-state index contributed by atoms with van der Waals surface area (Å²) in [6.45, 7) is 3.05. The quantitative estimate of drug-likeness (QED) is 0.620. The summed E-state index contributed by atoms with van der Waals surface area (Å²) in [6, 6.07) is 12.2. The molecule has 1 aliphatic rings. The Hall–Kier alpha value is -1.80. The van der Waals surface area contributed by atoms with Gasteiger partial charge in [-0.15, -0.1) is 0 Å². The predicted molar refractivity (Wildman–Crippen MR) is 106 cm³/mol. The maximum Gasteiger partial charge on any atom is 0.138 e. The van der Waals surface area contributed by atoms with E-state index in [9.17, 15) is 0 Å². The normalized spacial score (nSPS) is 16.2. The number of aromatic amines is 1. The molecule has 0 unspecified atom stereocenters. The molecule has 0 saturated carbocycles. The number of piperidine rings is 1. The summed E-state index contributed by atoms with van der Waals surface area (Å²) in [6.07, 6.45) is 5.90. The van der Waals surface area contributed by atoms with Gasteiger partial charge in [-0.2, -0.15) is 0 Å². The van der Waals surface area contributed by atoms with Gasteiger partial charge >= 0.3 is 0 Å². The molecule has 128 valence electrons. The van der Waals surface area contributed by atoms with Gasteiger partial charge in [-0.05, 0) is 54.6 Å². The first-order valence-electron chi connectivity index (χ1n) is 8.58. The van der Waals surface area contributed by atoms with E-state index >= 15 is 0 Å². The van der Waals surface area contributed by atoms with Crippen LogP contribution in [0.5, 0.6) is 0 Å². The number of hydrogen-bond donors (Lipinski definition) is 1. The first-order chi connectivity index (χ1) is 12.3. The van der Waals surface area contributed by atoms with Gasteiger partial charge in [0, 0.05) is 30.4 Å². The Labute approximate surface area is 161 Å². The summed E-state index contributed by atoms with van der Waals surface area (Å²) >= 11 is 2.33. The van der Waals surface area contributed by atoms with Crippen LogP contribution in [0.1, 0.15) is 30.3 Å². The van der Waals surface area contributed by atoms with Crippen molar-refractivity contribution in [2.75, 3.05) is 13.1 Å². The molecule has 1 aromatic carbocycles. The number of aromatic nitrogens is 4. The van der Waals surface area contributed by atoms with Gasteiger partial charge in [0.1, 0.15) is 15.3 Å². The van der Waals surface area contributed by atoms with E-state index in [4.69, 9.17) is 4.98 Å². The number of hydrogen-bond acceptors (Lipinski definition) is 4. The molecular formula is C19H20IN5. The molecule has 25 heavy (non-hydrogen) atoms. The molecule has 1 aliphatic heterocycles. The van der Waals surface area contributed by atoms with Crippen LogP contribution in [0, 0.1) is 3.70 Å². The highest BCUT2D eigenvalue weighted by molar-refractivity contribution is 14.1. The van der Waals surface area contributed by atoms with Gasteiger partial charge in [0.25, 0.3) is 0 Å². The standard InChI is InChI=1S/C19H20IN5/c20-17-16(23-19(24-17)14-5-2-1-3-6-14)13-25-11-7-15(8-12-25)18-21-9-4-10-22-18/h1-6,9-10,15H,7-8,11-13H2,(H,23,24). The molecule has 5 nitrogen and oxygen atoms in total. The van der Waals surface area contributed by atoms with Crippen molar-refractivity contribution < 1.29 is 0 Å². The zero-order valence-corrected chi connectivity index (χ0v) is 16.1. The van der Waals surface area contributed by atoms with Crippen molar-refractivity contribution >= 4 is 22.6 Å². The lowest BCUT2D eigenvalue weighted by Gasteiger charge is -2.30. The Bertz CT molecular complexity index is 810. The van der Waals surface area contributed by atoms with E-state index in [2.05, 4.69) is 54.6 Å². The fourth-order valence-electron chi connectivity index (χ4n) is 3.32. The lowest BCUT2D eigenvalue weighted by molar-refractivity contribution is 0.199. The molecule has 1 fully saturated rings. The fraction of sp³-hybridized carbons (Fsp3) is 0.316. The Morgan fingerprint density at radius 1 is 1.04 bits per heavy atom. The first-order valence-corrected chi connectivity index (χ1v) is 9.66. The number of rotatable bonds is 4. The second-order valence-corrected chi connectivity index (χ2v) is 7.40. The topological polar surface area (TPSA) is 57.7 Å². The van der Waals surface area contributed by atoms with E-state index in [-0.39, 0.29) is 0 Å². The van der Waals surface area contributed by atoms with Crippen LogP contribution in [0.25, 0.3) is 11.4 Å². The second kappa shape index (κ2) is 7.61. The van der Waals surface area contributed by atoms with Gasteiger partial charge in [-0.25, -0.2) is 15.0 Å². The highest BCUT2D eigenvalue weighted by Crippen LogP contribution is 2.27. The number of H-pyrrole nitrogens is 1. The smallest absolute Gasteiger partial charge is 0.138 e. The fourth-order valence-corrected chi connectivity index (χ4v) is 3.87. The van der Waals surface area contributed by atoms with Crippen molar-refractivity contribution in [3.8, 4) is 11.4 Å². The maximum absolute atomic E-state index is 4.69. The van der Waals surface area contributed by atoms with E-state index in [1.807, 2.05) is 36.7 Å². The lowest BCUT2D eigenvalue weighted by atomic mass is 9.96. The number of likely N-dealkylation sites (tertiary alicyclic amines) is 1. The van der Waals surface area contributed by atoms with Crippen LogP contribution in [0.4, 0.5) is 0 Å². The largest absolute Gasteiger partial charge is 0.340 e. The van der Waals surface area contributed by atoms with Gasteiger partial charge in [-0.1, -0.05) is 30.3 Å². The molecule has 0 amide bonds. The minimum atomic E-state index is 0.484. The summed E-state index contributed by atoms with van der Waals surface area (Å²) < 4.78 is 1.06. The monoisotopic (exact) mass is 445 g/mol. The van der Waals surface area contributed by atoms with E-state index in [1.54, 1.807) is 0 Å². The molecule has 6 heteroatoms. The van der Waals surface area contributed by atoms with Crippen LogP contribution in [0.2, 0.25) is 0 Å². The number of nitrogens with one attached hydrogen (secondary N) is 1. The summed E-state index contributed by atoms with van der Waals surface area (Å²) in [7, 11) is 0. The molecule has 0 aliphatic carbocycles. The average molecular weight is 445 g/mol. The minimum Gasteiger partial charge on any atom is -0.340 e.